The molecule has 0 spiro atoms. The normalized spacial score (nSPS) is 13.5. The Morgan fingerprint density at radius 3 is 2.20 bits per heavy atom. The number of hydrogen-bond donors (Lipinski definition) is 1. The Morgan fingerprint density at radius 1 is 0.914 bits per heavy atom. The van der Waals surface area contributed by atoms with Crippen LogP contribution in [0.4, 0.5) is 5.69 Å². The molecule has 3 aromatic carbocycles. The summed E-state index contributed by atoms with van der Waals surface area (Å²) < 4.78 is 44.2. The van der Waals surface area contributed by atoms with Crippen LogP contribution in [0.5, 0.6) is 11.5 Å². The van der Waals surface area contributed by atoms with Crippen molar-refractivity contribution in [1.82, 2.24) is 0 Å². The number of carbonyl (C=O) groups is 2. The highest BCUT2D eigenvalue weighted by atomic mass is 32.2. The van der Waals surface area contributed by atoms with E-state index < -0.39 is 22.1 Å². The highest BCUT2D eigenvalue weighted by Gasteiger charge is 2.22. The van der Waals surface area contributed by atoms with Gasteiger partial charge in [-0.15, -0.1) is 0 Å². The van der Waals surface area contributed by atoms with Crippen LogP contribution in [0, 0.1) is 0 Å². The maximum atomic E-state index is 12.8. The molecule has 0 saturated heterocycles. The summed E-state index contributed by atoms with van der Waals surface area (Å²) >= 11 is 0. The molecule has 9 heteroatoms. The Kier molecular flexibility index (Phi) is 7.07. The van der Waals surface area contributed by atoms with Gasteiger partial charge in [0.05, 0.1) is 10.5 Å². The van der Waals surface area contributed by atoms with Crippen LogP contribution in [0.3, 0.4) is 0 Å². The fourth-order valence-electron chi connectivity index (χ4n) is 3.50. The zero-order valence-electron chi connectivity index (χ0n) is 19.3. The molecular formula is C26H25NO7S. The Labute approximate surface area is 203 Å². The molecule has 3 aromatic rings. The second-order valence-corrected chi connectivity index (χ2v) is 9.63. The molecule has 0 fully saturated rings. The lowest BCUT2D eigenvalue weighted by Crippen LogP contribution is -2.24. The summed E-state index contributed by atoms with van der Waals surface area (Å²) in [5, 5.41) is 0. The lowest BCUT2D eigenvalue weighted by atomic mass is 10.0. The van der Waals surface area contributed by atoms with Gasteiger partial charge in [-0.2, -0.15) is 0 Å². The molecule has 1 aliphatic rings. The van der Waals surface area contributed by atoms with E-state index in [-0.39, 0.29) is 21.9 Å². The van der Waals surface area contributed by atoms with Crippen molar-refractivity contribution in [1.29, 1.82) is 0 Å². The number of benzene rings is 3. The van der Waals surface area contributed by atoms with Gasteiger partial charge in [0.15, 0.2) is 17.6 Å². The number of hydrogen-bond acceptors (Lipinski definition) is 7. The summed E-state index contributed by atoms with van der Waals surface area (Å²) in [5.74, 6) is -0.131. The molecule has 1 atom stereocenters. The van der Waals surface area contributed by atoms with Gasteiger partial charge in [-0.1, -0.05) is 31.2 Å². The first-order valence-electron chi connectivity index (χ1n) is 11.1. The average molecular weight is 496 g/mol. The van der Waals surface area contributed by atoms with Crippen LogP contribution in [0.1, 0.15) is 40.1 Å². The van der Waals surface area contributed by atoms with Crippen LogP contribution in [-0.4, -0.2) is 39.5 Å². The number of ether oxygens (including phenoxy) is 3. The van der Waals surface area contributed by atoms with Crippen molar-refractivity contribution in [2.24, 2.45) is 0 Å². The zero-order chi connectivity index (χ0) is 25.0. The summed E-state index contributed by atoms with van der Waals surface area (Å²) in [5.41, 5.74) is 2.02. The van der Waals surface area contributed by atoms with Gasteiger partial charge < -0.3 is 14.2 Å². The predicted molar refractivity (Wildman–Crippen MR) is 130 cm³/mol. The van der Waals surface area contributed by atoms with Crippen molar-refractivity contribution in [2.45, 2.75) is 31.3 Å². The third kappa shape index (κ3) is 5.63. The molecule has 1 heterocycles. The molecule has 0 radical (unpaired) electrons. The number of aryl methyl sites for hydroxylation is 1. The van der Waals surface area contributed by atoms with Crippen LogP contribution >= 0.6 is 0 Å². The minimum atomic E-state index is -3.89. The summed E-state index contributed by atoms with van der Waals surface area (Å²) in [4.78, 5) is 25.1. The molecule has 4 rings (SSSR count). The van der Waals surface area contributed by atoms with Crippen LogP contribution in [0.2, 0.25) is 0 Å². The van der Waals surface area contributed by atoms with Crippen LogP contribution in [0.15, 0.2) is 71.6 Å². The molecule has 0 saturated carbocycles. The topological polar surface area (TPSA) is 108 Å². The second-order valence-electron chi connectivity index (χ2n) is 7.95. The minimum absolute atomic E-state index is 0.0181. The maximum Gasteiger partial charge on any atom is 0.338 e. The monoisotopic (exact) mass is 495 g/mol. The smallest absolute Gasteiger partial charge is 0.338 e. The van der Waals surface area contributed by atoms with Crippen LogP contribution in [-0.2, 0) is 21.2 Å². The minimum Gasteiger partial charge on any atom is -0.486 e. The molecule has 0 amide bonds. The van der Waals surface area contributed by atoms with Gasteiger partial charge in [0.25, 0.3) is 10.0 Å². The largest absolute Gasteiger partial charge is 0.486 e. The first-order chi connectivity index (χ1) is 16.8. The van der Waals surface area contributed by atoms with Gasteiger partial charge >= 0.3 is 5.97 Å². The number of anilines is 1. The highest BCUT2D eigenvalue weighted by molar-refractivity contribution is 7.92. The molecule has 0 aliphatic carbocycles. The average Bonchev–Trinajstić information content (AvgIpc) is 2.88. The number of Topliss-reactive ketones (excluding diaryl/α,β-unsaturated/α-hetero) is 1. The molecule has 35 heavy (non-hydrogen) atoms. The van der Waals surface area contributed by atoms with E-state index in [9.17, 15) is 18.0 Å². The Balaban J connectivity index is 1.39. The van der Waals surface area contributed by atoms with Gasteiger partial charge in [-0.25, -0.2) is 13.2 Å². The summed E-state index contributed by atoms with van der Waals surface area (Å²) in [6.45, 7) is 4.29. The summed E-state index contributed by atoms with van der Waals surface area (Å²) in [7, 11) is -3.89. The third-order valence-corrected chi connectivity index (χ3v) is 6.88. The molecule has 1 unspecified atom stereocenters. The van der Waals surface area contributed by atoms with E-state index in [4.69, 9.17) is 14.2 Å². The summed E-state index contributed by atoms with van der Waals surface area (Å²) in [6.07, 6.45) is -0.106. The van der Waals surface area contributed by atoms with Gasteiger partial charge in [0.1, 0.15) is 13.2 Å². The molecule has 0 bridgehead atoms. The van der Waals surface area contributed by atoms with E-state index in [1.165, 1.54) is 43.3 Å². The summed E-state index contributed by atoms with van der Waals surface area (Å²) in [6, 6.07) is 17.3. The van der Waals surface area contributed by atoms with E-state index in [1.54, 1.807) is 18.2 Å². The van der Waals surface area contributed by atoms with E-state index in [1.807, 2.05) is 19.1 Å². The van der Waals surface area contributed by atoms with E-state index in [0.29, 0.717) is 30.3 Å². The van der Waals surface area contributed by atoms with Crippen LogP contribution in [0.25, 0.3) is 0 Å². The molecule has 1 aliphatic heterocycles. The number of rotatable bonds is 8. The van der Waals surface area contributed by atoms with Gasteiger partial charge in [0.2, 0.25) is 5.78 Å². The SMILES string of the molecule is CCc1ccc(C(=O)C(C)OC(=O)c2ccc(NS(=O)(=O)c3ccc4c(c3)OCCO4)cc2)cc1. The number of sulfonamides is 1. The Bertz CT molecular complexity index is 1330. The predicted octanol–water partition coefficient (Wildman–Crippen LogP) is 4.25. The second kappa shape index (κ2) is 10.2. The van der Waals surface area contributed by atoms with Crippen molar-refractivity contribution in [3.63, 3.8) is 0 Å². The Morgan fingerprint density at radius 2 is 1.54 bits per heavy atom. The van der Waals surface area contributed by atoms with E-state index >= 15 is 0 Å². The molecule has 0 aromatic heterocycles. The molecule has 182 valence electrons. The van der Waals surface area contributed by atoms with E-state index in [0.717, 1.165) is 12.0 Å². The van der Waals surface area contributed by atoms with Gasteiger partial charge in [-0.3, -0.25) is 9.52 Å². The molecular weight excluding hydrogens is 470 g/mol. The standard InChI is InChI=1S/C26H25NO7S/c1-3-18-4-6-19(7-5-18)25(28)17(2)34-26(29)20-8-10-21(11-9-20)27-35(30,31)22-12-13-23-24(16-22)33-15-14-32-23/h4-13,16-17,27H,3,14-15H2,1-2H3. The zero-order valence-corrected chi connectivity index (χ0v) is 20.1. The van der Waals surface area contributed by atoms with Crippen molar-refractivity contribution in [2.75, 3.05) is 17.9 Å². The lowest BCUT2D eigenvalue weighted by Gasteiger charge is -2.19. The first kappa shape index (κ1) is 24.3. The van der Waals surface area contributed by atoms with Crippen molar-refractivity contribution in [3.05, 3.63) is 83.4 Å². The van der Waals surface area contributed by atoms with Crippen LogP contribution < -0.4 is 14.2 Å². The number of fused-ring (bicyclic) bond motifs is 1. The number of ketones is 1. The maximum absolute atomic E-state index is 12.8. The quantitative estimate of drug-likeness (QED) is 0.368. The first-order valence-corrected chi connectivity index (χ1v) is 12.6. The molecule has 1 N–H and O–H groups in total. The number of esters is 1. The fraction of sp³-hybridized carbons (Fsp3) is 0.231. The van der Waals surface area contributed by atoms with E-state index in [2.05, 4.69) is 4.72 Å². The number of carbonyl (C=O) groups excluding carboxylic acids is 2. The number of nitrogens with one attached hydrogen (secondary N) is 1. The third-order valence-electron chi connectivity index (χ3n) is 5.50. The van der Waals surface area contributed by atoms with Gasteiger partial charge in [0, 0.05) is 17.3 Å². The highest BCUT2D eigenvalue weighted by Crippen LogP contribution is 2.32. The molecule has 8 nitrogen and oxygen atoms in total. The van der Waals surface area contributed by atoms with Gasteiger partial charge in [-0.05, 0) is 55.3 Å². The Hall–Kier alpha value is -3.85. The fourth-order valence-corrected chi connectivity index (χ4v) is 4.57. The lowest BCUT2D eigenvalue weighted by molar-refractivity contribution is 0.0319. The van der Waals surface area contributed by atoms with Crippen molar-refractivity contribution < 1.29 is 32.2 Å². The van der Waals surface area contributed by atoms with Crippen molar-refractivity contribution in [3.8, 4) is 11.5 Å². The van der Waals surface area contributed by atoms with Crippen molar-refractivity contribution >= 4 is 27.5 Å².